The summed E-state index contributed by atoms with van der Waals surface area (Å²) < 4.78 is 0. The van der Waals surface area contributed by atoms with Gasteiger partial charge in [0.1, 0.15) is 0 Å². The van der Waals surface area contributed by atoms with E-state index in [1.165, 1.54) is 17.6 Å². The van der Waals surface area contributed by atoms with Crippen LogP contribution in [0.15, 0.2) is 46.9 Å². The maximum absolute atomic E-state index is 11.6. The number of rotatable bonds is 4. The minimum absolute atomic E-state index is 0.306. The average molecular weight is 301 g/mol. The third kappa shape index (κ3) is 4.54. The number of carbonyl (C=O) groups is 2. The molecular weight excluding hydrogens is 286 g/mol. The molecule has 0 aliphatic rings. The molecule has 0 atom stereocenters. The lowest BCUT2D eigenvalue weighted by Crippen LogP contribution is -2.37. The second-order valence-corrected chi connectivity index (χ2v) is 5.28. The van der Waals surface area contributed by atoms with Crippen molar-refractivity contribution in [2.75, 3.05) is 0 Å². The first kappa shape index (κ1) is 14.9. The van der Waals surface area contributed by atoms with E-state index in [9.17, 15) is 9.59 Å². The van der Waals surface area contributed by atoms with Crippen LogP contribution in [0.1, 0.15) is 16.0 Å². The molecule has 21 heavy (non-hydrogen) atoms. The number of nitrogens with zero attached hydrogens (tertiary/aromatic N) is 1. The van der Waals surface area contributed by atoms with E-state index in [2.05, 4.69) is 15.8 Å². The largest absolute Gasteiger partial charge is 0.344 e. The number of hydrogen-bond donors (Lipinski definition) is 2. The average Bonchev–Trinajstić information content (AvgIpc) is 2.91. The van der Waals surface area contributed by atoms with Crippen LogP contribution >= 0.6 is 11.3 Å². The van der Waals surface area contributed by atoms with E-state index in [0.29, 0.717) is 6.54 Å². The van der Waals surface area contributed by atoms with E-state index in [4.69, 9.17) is 0 Å². The van der Waals surface area contributed by atoms with Crippen LogP contribution in [-0.4, -0.2) is 18.0 Å². The third-order valence-electron chi connectivity index (χ3n) is 2.75. The van der Waals surface area contributed by atoms with Crippen molar-refractivity contribution in [2.45, 2.75) is 13.5 Å². The molecule has 2 rings (SSSR count). The summed E-state index contributed by atoms with van der Waals surface area (Å²) in [4.78, 5) is 24.1. The van der Waals surface area contributed by atoms with Crippen LogP contribution in [0, 0.1) is 6.92 Å². The number of benzene rings is 1. The van der Waals surface area contributed by atoms with Gasteiger partial charge in [-0.25, -0.2) is 5.43 Å². The maximum atomic E-state index is 11.6. The molecule has 0 bridgehead atoms. The van der Waals surface area contributed by atoms with Crippen LogP contribution in [0.4, 0.5) is 0 Å². The highest BCUT2D eigenvalue weighted by Gasteiger charge is 2.11. The Labute approximate surface area is 126 Å². The zero-order valence-electron chi connectivity index (χ0n) is 11.5. The summed E-state index contributed by atoms with van der Waals surface area (Å²) in [6.07, 6.45) is 1.53. The topological polar surface area (TPSA) is 70.6 Å². The summed E-state index contributed by atoms with van der Waals surface area (Å²) in [6, 6.07) is 11.3. The highest BCUT2D eigenvalue weighted by Crippen LogP contribution is 2.12. The van der Waals surface area contributed by atoms with Crippen molar-refractivity contribution < 1.29 is 9.59 Å². The lowest BCUT2D eigenvalue weighted by atomic mass is 10.2. The van der Waals surface area contributed by atoms with Gasteiger partial charge in [-0.2, -0.15) is 5.10 Å². The van der Waals surface area contributed by atoms with Crippen molar-refractivity contribution in [3.63, 3.8) is 0 Å². The Bertz CT molecular complexity index is 650. The second kappa shape index (κ2) is 7.35. The number of hydrogen-bond acceptors (Lipinski definition) is 4. The minimum atomic E-state index is -0.781. The predicted octanol–water partition coefficient (Wildman–Crippen LogP) is 1.82. The summed E-state index contributed by atoms with van der Waals surface area (Å²) in [7, 11) is 0. The molecule has 0 spiro atoms. The first-order valence-electron chi connectivity index (χ1n) is 6.36. The van der Waals surface area contributed by atoms with Crippen LogP contribution in [0.3, 0.4) is 0 Å². The van der Waals surface area contributed by atoms with Gasteiger partial charge in [-0.15, -0.1) is 11.3 Å². The van der Waals surface area contributed by atoms with E-state index in [0.717, 1.165) is 16.0 Å². The Morgan fingerprint density at radius 1 is 1.19 bits per heavy atom. The molecule has 6 heteroatoms. The smallest absolute Gasteiger partial charge is 0.329 e. The number of amides is 2. The number of hydrazone groups is 1. The van der Waals surface area contributed by atoms with Crippen LogP contribution in [0.5, 0.6) is 0 Å². The molecule has 1 heterocycles. The van der Waals surface area contributed by atoms with Gasteiger partial charge in [0.25, 0.3) is 0 Å². The number of aryl methyl sites for hydroxylation is 1. The normalized spacial score (nSPS) is 10.5. The minimum Gasteiger partial charge on any atom is -0.344 e. The monoisotopic (exact) mass is 301 g/mol. The van der Waals surface area contributed by atoms with Gasteiger partial charge >= 0.3 is 11.8 Å². The zero-order valence-corrected chi connectivity index (χ0v) is 12.3. The fourth-order valence-electron chi connectivity index (χ4n) is 1.58. The van der Waals surface area contributed by atoms with E-state index in [1.54, 1.807) is 0 Å². The molecule has 0 saturated carbocycles. The van der Waals surface area contributed by atoms with Gasteiger partial charge in [-0.3, -0.25) is 9.59 Å². The van der Waals surface area contributed by atoms with E-state index in [-0.39, 0.29) is 0 Å². The van der Waals surface area contributed by atoms with Gasteiger partial charge in [0.05, 0.1) is 6.21 Å². The van der Waals surface area contributed by atoms with E-state index < -0.39 is 11.8 Å². The van der Waals surface area contributed by atoms with Crippen molar-refractivity contribution in [2.24, 2.45) is 5.10 Å². The van der Waals surface area contributed by atoms with Gasteiger partial charge < -0.3 is 5.32 Å². The Hall–Kier alpha value is -2.47. The summed E-state index contributed by atoms with van der Waals surface area (Å²) in [5, 5.41) is 8.24. The third-order valence-corrected chi connectivity index (χ3v) is 3.71. The predicted molar refractivity (Wildman–Crippen MR) is 83.1 cm³/mol. The van der Waals surface area contributed by atoms with E-state index >= 15 is 0 Å². The molecule has 108 valence electrons. The van der Waals surface area contributed by atoms with Crippen LogP contribution in [0.25, 0.3) is 0 Å². The highest BCUT2D eigenvalue weighted by atomic mass is 32.1. The molecule has 2 N–H and O–H groups in total. The first-order valence-corrected chi connectivity index (χ1v) is 7.24. The Morgan fingerprint density at radius 3 is 2.62 bits per heavy atom. The lowest BCUT2D eigenvalue weighted by Gasteiger charge is -2.03. The molecule has 1 aromatic carbocycles. The Morgan fingerprint density at radius 2 is 1.95 bits per heavy atom. The summed E-state index contributed by atoms with van der Waals surface area (Å²) in [6.45, 7) is 2.26. The van der Waals surface area contributed by atoms with Crippen molar-refractivity contribution in [1.29, 1.82) is 0 Å². The number of thiophene rings is 1. The Balaban J connectivity index is 1.79. The van der Waals surface area contributed by atoms with Gasteiger partial charge in [0.2, 0.25) is 0 Å². The van der Waals surface area contributed by atoms with Gasteiger partial charge in [0, 0.05) is 11.4 Å². The SMILES string of the molecule is Cc1ccsc1/C=N\NC(=O)C(=O)NCc1ccccc1. The van der Waals surface area contributed by atoms with Crippen LogP contribution in [-0.2, 0) is 16.1 Å². The van der Waals surface area contributed by atoms with Gasteiger partial charge in [-0.05, 0) is 29.5 Å². The van der Waals surface area contributed by atoms with Crippen LogP contribution < -0.4 is 10.7 Å². The number of carbonyl (C=O) groups excluding carboxylic acids is 2. The van der Waals surface area contributed by atoms with Crippen molar-refractivity contribution in [3.05, 3.63) is 57.8 Å². The zero-order chi connectivity index (χ0) is 15.1. The maximum Gasteiger partial charge on any atom is 0.329 e. The molecule has 2 aromatic rings. The highest BCUT2D eigenvalue weighted by molar-refractivity contribution is 7.11. The molecule has 0 fully saturated rings. The van der Waals surface area contributed by atoms with E-state index in [1.807, 2.05) is 48.7 Å². The van der Waals surface area contributed by atoms with Crippen molar-refractivity contribution >= 4 is 29.4 Å². The molecule has 5 nitrogen and oxygen atoms in total. The summed E-state index contributed by atoms with van der Waals surface area (Å²) in [5.41, 5.74) is 4.21. The molecule has 2 amide bonds. The number of nitrogens with one attached hydrogen (secondary N) is 2. The molecular formula is C15H15N3O2S. The summed E-state index contributed by atoms with van der Waals surface area (Å²) >= 11 is 1.52. The quantitative estimate of drug-likeness (QED) is 0.514. The van der Waals surface area contributed by atoms with Gasteiger partial charge in [0.15, 0.2) is 0 Å². The first-order chi connectivity index (χ1) is 10.2. The molecule has 0 aliphatic carbocycles. The lowest BCUT2D eigenvalue weighted by molar-refractivity contribution is -0.139. The molecule has 0 saturated heterocycles. The van der Waals surface area contributed by atoms with Crippen molar-refractivity contribution in [3.8, 4) is 0 Å². The van der Waals surface area contributed by atoms with Crippen molar-refractivity contribution in [1.82, 2.24) is 10.7 Å². The second-order valence-electron chi connectivity index (χ2n) is 4.34. The fourth-order valence-corrected chi connectivity index (χ4v) is 2.36. The molecule has 1 aromatic heterocycles. The van der Waals surface area contributed by atoms with Crippen LogP contribution in [0.2, 0.25) is 0 Å². The van der Waals surface area contributed by atoms with Gasteiger partial charge in [-0.1, -0.05) is 30.3 Å². The standard InChI is InChI=1S/C15H15N3O2S/c1-11-7-8-21-13(11)10-17-18-15(20)14(19)16-9-12-5-3-2-4-6-12/h2-8,10H,9H2,1H3,(H,16,19)(H,18,20)/b17-10-. The Kier molecular flexibility index (Phi) is 5.22. The molecule has 0 radical (unpaired) electrons. The molecule has 0 aliphatic heterocycles. The summed E-state index contributed by atoms with van der Waals surface area (Å²) in [5.74, 6) is -1.49. The fraction of sp³-hybridized carbons (Fsp3) is 0.133. The molecule has 0 unspecified atom stereocenters.